The molecule has 0 radical (unpaired) electrons. The third kappa shape index (κ3) is 4.98. The lowest BCUT2D eigenvalue weighted by atomic mass is 9.97. The van der Waals surface area contributed by atoms with Gasteiger partial charge in [0, 0.05) is 0 Å². The van der Waals surface area contributed by atoms with Gasteiger partial charge < -0.3 is 9.47 Å². The molecule has 1 aromatic rings. The second kappa shape index (κ2) is 8.63. The van der Waals surface area contributed by atoms with Crippen molar-refractivity contribution in [3.63, 3.8) is 0 Å². The van der Waals surface area contributed by atoms with Crippen LogP contribution in [-0.2, 0) is 0 Å². The van der Waals surface area contributed by atoms with Gasteiger partial charge in [0.15, 0.2) is 11.5 Å². The molecule has 1 unspecified atom stereocenters. The number of hydrogen-bond donors (Lipinski definition) is 0. The van der Waals surface area contributed by atoms with Gasteiger partial charge in [-0.15, -0.1) is 0 Å². The summed E-state index contributed by atoms with van der Waals surface area (Å²) in [7, 11) is 1.69. The Morgan fingerprint density at radius 3 is 2.58 bits per heavy atom. The monoisotopic (exact) mass is 262 g/mol. The molecule has 0 saturated carbocycles. The van der Waals surface area contributed by atoms with E-state index in [1.54, 1.807) is 7.11 Å². The first kappa shape index (κ1) is 15.6. The minimum atomic E-state index is 0.497. The molecule has 0 amide bonds. The first-order valence-electron chi connectivity index (χ1n) is 7.18. The van der Waals surface area contributed by atoms with Crippen molar-refractivity contribution in [2.24, 2.45) is 0 Å². The van der Waals surface area contributed by atoms with Gasteiger partial charge in [0.05, 0.1) is 13.7 Å². The summed E-state index contributed by atoms with van der Waals surface area (Å²) >= 11 is 0. The van der Waals surface area contributed by atoms with Crippen molar-refractivity contribution in [1.82, 2.24) is 0 Å². The highest BCUT2D eigenvalue weighted by atomic mass is 16.5. The highest BCUT2D eigenvalue weighted by molar-refractivity contribution is 5.44. The van der Waals surface area contributed by atoms with Crippen LogP contribution in [-0.4, -0.2) is 13.7 Å². The van der Waals surface area contributed by atoms with Gasteiger partial charge in [-0.1, -0.05) is 39.0 Å². The van der Waals surface area contributed by atoms with Gasteiger partial charge in [-0.2, -0.15) is 0 Å². The number of rotatable bonds is 8. The van der Waals surface area contributed by atoms with Crippen molar-refractivity contribution in [2.75, 3.05) is 13.7 Å². The van der Waals surface area contributed by atoms with Crippen molar-refractivity contribution in [1.29, 1.82) is 0 Å². The predicted molar refractivity (Wildman–Crippen MR) is 81.2 cm³/mol. The maximum atomic E-state index is 5.67. The summed E-state index contributed by atoms with van der Waals surface area (Å²) in [6, 6.07) is 6.25. The smallest absolute Gasteiger partial charge is 0.161 e. The molecule has 106 valence electrons. The lowest BCUT2D eigenvalue weighted by molar-refractivity contribution is 0.294. The maximum Gasteiger partial charge on any atom is 0.161 e. The largest absolute Gasteiger partial charge is 0.493 e. The Labute approximate surface area is 117 Å². The van der Waals surface area contributed by atoms with E-state index in [0.717, 1.165) is 37.4 Å². The molecule has 0 aliphatic rings. The fraction of sp³-hybridized carbons (Fsp3) is 0.529. The van der Waals surface area contributed by atoms with Crippen LogP contribution in [0.1, 0.15) is 51.5 Å². The van der Waals surface area contributed by atoms with E-state index in [4.69, 9.17) is 9.47 Å². The van der Waals surface area contributed by atoms with Gasteiger partial charge in [0.2, 0.25) is 0 Å². The summed E-state index contributed by atoms with van der Waals surface area (Å²) in [4.78, 5) is 0. The van der Waals surface area contributed by atoms with E-state index in [2.05, 4.69) is 45.1 Å². The molecule has 0 bridgehead atoms. The van der Waals surface area contributed by atoms with E-state index < -0.39 is 0 Å². The van der Waals surface area contributed by atoms with Gasteiger partial charge in [0.1, 0.15) is 0 Å². The van der Waals surface area contributed by atoms with Gasteiger partial charge in [-0.05, 0) is 42.9 Å². The molecule has 0 aliphatic carbocycles. The Morgan fingerprint density at radius 1 is 1.16 bits per heavy atom. The van der Waals surface area contributed by atoms with Gasteiger partial charge >= 0.3 is 0 Å². The molecule has 0 heterocycles. The van der Waals surface area contributed by atoms with Crippen LogP contribution in [0.4, 0.5) is 0 Å². The Balaban J connectivity index is 2.77. The van der Waals surface area contributed by atoms with Crippen LogP contribution in [0.15, 0.2) is 30.4 Å². The highest BCUT2D eigenvalue weighted by Crippen LogP contribution is 2.32. The number of allylic oxidation sites excluding steroid dienone is 2. The van der Waals surface area contributed by atoms with Crippen LogP contribution in [0, 0.1) is 0 Å². The number of ether oxygens (including phenoxy) is 2. The summed E-state index contributed by atoms with van der Waals surface area (Å²) < 4.78 is 11.1. The molecule has 0 aliphatic heterocycles. The standard InChI is InChI=1S/C17H26O2/c1-5-7-8-9-14(3)15-10-11-16(19-12-6-2)17(13-15)18-4/h7-8,10-11,13-14H,5-6,9,12H2,1-4H3/b8-7-. The summed E-state index contributed by atoms with van der Waals surface area (Å²) in [5.41, 5.74) is 1.29. The minimum absolute atomic E-state index is 0.497. The molecule has 1 rings (SSSR count). The Kier molecular flexibility index (Phi) is 7.09. The maximum absolute atomic E-state index is 5.67. The fourth-order valence-corrected chi connectivity index (χ4v) is 1.93. The second-order valence-electron chi connectivity index (χ2n) is 4.78. The molecule has 2 nitrogen and oxygen atoms in total. The highest BCUT2D eigenvalue weighted by Gasteiger charge is 2.09. The summed E-state index contributed by atoms with van der Waals surface area (Å²) in [6.45, 7) is 7.22. The van der Waals surface area contributed by atoms with Crippen LogP contribution in [0.2, 0.25) is 0 Å². The molecule has 0 aromatic heterocycles. The fourth-order valence-electron chi connectivity index (χ4n) is 1.93. The van der Waals surface area contributed by atoms with E-state index in [0.29, 0.717) is 5.92 Å². The number of benzene rings is 1. The van der Waals surface area contributed by atoms with Crippen molar-refractivity contribution >= 4 is 0 Å². The Morgan fingerprint density at radius 2 is 1.95 bits per heavy atom. The molecule has 1 atom stereocenters. The van der Waals surface area contributed by atoms with Crippen molar-refractivity contribution in [3.05, 3.63) is 35.9 Å². The molecular weight excluding hydrogens is 236 g/mol. The van der Waals surface area contributed by atoms with E-state index in [9.17, 15) is 0 Å². The number of methoxy groups -OCH3 is 1. The summed E-state index contributed by atoms with van der Waals surface area (Å²) in [5, 5.41) is 0. The molecule has 1 aromatic carbocycles. The SMILES string of the molecule is CC/C=C\CC(C)c1ccc(OCCC)c(OC)c1. The molecular formula is C17H26O2. The van der Waals surface area contributed by atoms with Crippen molar-refractivity contribution < 1.29 is 9.47 Å². The Hall–Kier alpha value is -1.44. The molecule has 0 saturated heterocycles. The van der Waals surface area contributed by atoms with Crippen molar-refractivity contribution in [3.8, 4) is 11.5 Å². The second-order valence-corrected chi connectivity index (χ2v) is 4.78. The Bertz CT molecular complexity index is 396. The zero-order valence-electron chi connectivity index (χ0n) is 12.6. The molecule has 0 N–H and O–H groups in total. The third-order valence-electron chi connectivity index (χ3n) is 3.11. The predicted octanol–water partition coefficient (Wildman–Crippen LogP) is 4.94. The zero-order valence-corrected chi connectivity index (χ0v) is 12.6. The van der Waals surface area contributed by atoms with Crippen LogP contribution in [0.25, 0.3) is 0 Å². The van der Waals surface area contributed by atoms with Gasteiger partial charge in [-0.3, -0.25) is 0 Å². The average molecular weight is 262 g/mol. The van der Waals surface area contributed by atoms with Gasteiger partial charge in [-0.25, -0.2) is 0 Å². The summed E-state index contributed by atoms with van der Waals surface area (Å²) in [6.07, 6.45) is 7.63. The average Bonchev–Trinajstić information content (AvgIpc) is 2.45. The van der Waals surface area contributed by atoms with E-state index >= 15 is 0 Å². The first-order chi connectivity index (χ1) is 9.22. The lowest BCUT2D eigenvalue weighted by Gasteiger charge is -2.14. The molecule has 0 fully saturated rings. The van der Waals surface area contributed by atoms with E-state index in [1.807, 2.05) is 6.07 Å². The van der Waals surface area contributed by atoms with Crippen LogP contribution < -0.4 is 9.47 Å². The normalized spacial score (nSPS) is 12.6. The molecule has 2 heteroatoms. The first-order valence-corrected chi connectivity index (χ1v) is 7.18. The van der Waals surface area contributed by atoms with Crippen molar-refractivity contribution in [2.45, 2.75) is 46.0 Å². The van der Waals surface area contributed by atoms with Gasteiger partial charge in [0.25, 0.3) is 0 Å². The van der Waals surface area contributed by atoms with E-state index in [-0.39, 0.29) is 0 Å². The topological polar surface area (TPSA) is 18.5 Å². The number of hydrogen-bond acceptors (Lipinski definition) is 2. The van der Waals surface area contributed by atoms with Crippen LogP contribution in [0.3, 0.4) is 0 Å². The molecule has 19 heavy (non-hydrogen) atoms. The van der Waals surface area contributed by atoms with Crippen LogP contribution >= 0.6 is 0 Å². The quantitative estimate of drug-likeness (QED) is 0.617. The van der Waals surface area contributed by atoms with E-state index in [1.165, 1.54) is 5.56 Å². The molecule has 0 spiro atoms. The van der Waals surface area contributed by atoms with Crippen LogP contribution in [0.5, 0.6) is 11.5 Å². The third-order valence-corrected chi connectivity index (χ3v) is 3.11. The minimum Gasteiger partial charge on any atom is -0.493 e. The zero-order chi connectivity index (χ0) is 14.1. The lowest BCUT2D eigenvalue weighted by Crippen LogP contribution is -1.99. The summed E-state index contributed by atoms with van der Waals surface area (Å²) in [5.74, 6) is 2.17.